The number of carbonyl (C=O) groups is 1. The van der Waals surface area contributed by atoms with Crippen LogP contribution in [0.3, 0.4) is 0 Å². The van der Waals surface area contributed by atoms with Crippen molar-refractivity contribution in [3.63, 3.8) is 0 Å². The van der Waals surface area contributed by atoms with Gasteiger partial charge in [0.05, 0.1) is 30.8 Å². The van der Waals surface area contributed by atoms with Crippen LogP contribution in [0.2, 0.25) is 0 Å². The molecule has 51 heavy (non-hydrogen) atoms. The summed E-state index contributed by atoms with van der Waals surface area (Å²) in [4.78, 5) is 24.6. The lowest BCUT2D eigenvalue weighted by atomic mass is 9.78. The summed E-state index contributed by atoms with van der Waals surface area (Å²) >= 11 is 0. The van der Waals surface area contributed by atoms with Crippen LogP contribution in [-0.4, -0.2) is 71.6 Å². The Labute approximate surface area is 301 Å². The topological polar surface area (TPSA) is 128 Å². The zero-order valence-electron chi connectivity index (χ0n) is 30.3. The predicted molar refractivity (Wildman–Crippen MR) is 195 cm³/mol. The minimum atomic E-state index is -0.669. The van der Waals surface area contributed by atoms with Crippen molar-refractivity contribution in [1.29, 1.82) is 0 Å². The highest BCUT2D eigenvalue weighted by Crippen LogP contribution is 2.39. The maximum absolute atomic E-state index is 14.4. The van der Waals surface area contributed by atoms with Crippen molar-refractivity contribution >= 4 is 11.8 Å². The number of nitrogens with one attached hydrogen (secondary N) is 2. The molecule has 11 heteroatoms. The van der Waals surface area contributed by atoms with Gasteiger partial charge in [0, 0.05) is 54.2 Å². The van der Waals surface area contributed by atoms with Gasteiger partial charge in [0.25, 0.3) is 0 Å². The number of carboxylic acids is 1. The highest BCUT2D eigenvalue weighted by Gasteiger charge is 2.39. The number of fused-ring (bicyclic) bond motifs is 3. The molecule has 3 aromatic rings. The minimum Gasteiger partial charge on any atom is -0.481 e. The summed E-state index contributed by atoms with van der Waals surface area (Å²) in [5.74, 6) is 1.13. The largest absolute Gasteiger partial charge is 0.481 e. The van der Waals surface area contributed by atoms with Gasteiger partial charge in [0.2, 0.25) is 0 Å². The molecule has 0 radical (unpaired) electrons. The Balaban J connectivity index is 1.18. The van der Waals surface area contributed by atoms with Gasteiger partial charge in [-0.05, 0) is 114 Å². The minimum absolute atomic E-state index is 0.0641. The first kappa shape index (κ1) is 36.0. The fourth-order valence-corrected chi connectivity index (χ4v) is 9.63. The average molecular weight is 702 g/mol. The number of aliphatic hydroxyl groups is 1. The monoisotopic (exact) mass is 701 g/mol. The summed E-state index contributed by atoms with van der Waals surface area (Å²) in [5.41, 5.74) is 4.31. The van der Waals surface area contributed by atoms with Crippen LogP contribution >= 0.6 is 0 Å². The van der Waals surface area contributed by atoms with Gasteiger partial charge in [0.15, 0.2) is 0 Å². The van der Waals surface area contributed by atoms with Crippen molar-refractivity contribution < 1.29 is 19.4 Å². The number of halogens is 1. The van der Waals surface area contributed by atoms with Crippen molar-refractivity contribution in [2.45, 2.75) is 147 Å². The zero-order chi connectivity index (χ0) is 35.5. The summed E-state index contributed by atoms with van der Waals surface area (Å²) in [6.45, 7) is 6.43. The van der Waals surface area contributed by atoms with E-state index in [1.165, 1.54) is 12.5 Å². The number of hydrogen-bond donors (Lipinski definition) is 4. The Kier molecular flexibility index (Phi) is 11.3. The van der Waals surface area contributed by atoms with E-state index in [4.69, 9.17) is 9.97 Å². The van der Waals surface area contributed by atoms with Crippen molar-refractivity contribution in [3.8, 4) is 0 Å². The molecule has 2 aliphatic heterocycles. The first-order chi connectivity index (χ1) is 24.8. The quantitative estimate of drug-likeness (QED) is 0.160. The van der Waals surface area contributed by atoms with Crippen LogP contribution in [0.5, 0.6) is 0 Å². The van der Waals surface area contributed by atoms with E-state index in [9.17, 15) is 19.4 Å². The molecule has 4 N–H and O–H groups in total. The first-order valence-corrected chi connectivity index (χ1v) is 19.6. The Morgan fingerprint density at radius 2 is 1.84 bits per heavy atom. The van der Waals surface area contributed by atoms with E-state index in [1.54, 1.807) is 12.1 Å². The fraction of sp³-hybridized carbons (Fsp3) is 0.650. The molecule has 0 amide bonds. The van der Waals surface area contributed by atoms with Crippen LogP contribution in [0.4, 0.5) is 10.2 Å². The van der Waals surface area contributed by atoms with Crippen LogP contribution < -0.4 is 10.6 Å². The average Bonchev–Trinajstić information content (AvgIpc) is 3.61. The predicted octanol–water partition coefficient (Wildman–Crippen LogP) is 6.39. The van der Waals surface area contributed by atoms with Gasteiger partial charge in [-0.25, -0.2) is 14.4 Å². The van der Waals surface area contributed by atoms with E-state index < -0.39 is 5.97 Å². The Morgan fingerprint density at radius 1 is 1.06 bits per heavy atom. The van der Waals surface area contributed by atoms with Gasteiger partial charge in [0.1, 0.15) is 17.5 Å². The lowest BCUT2D eigenvalue weighted by molar-refractivity contribution is -0.143. The number of aliphatic carboxylic acids is 1. The molecular formula is C40H56FN7O3. The van der Waals surface area contributed by atoms with E-state index in [0.29, 0.717) is 24.5 Å². The maximum atomic E-state index is 14.4. The molecule has 4 aliphatic rings. The summed E-state index contributed by atoms with van der Waals surface area (Å²) < 4.78 is 16.3. The highest BCUT2D eigenvalue weighted by molar-refractivity contribution is 5.70. The lowest BCUT2D eigenvalue weighted by Gasteiger charge is -2.49. The number of aromatic nitrogens is 4. The van der Waals surface area contributed by atoms with Crippen LogP contribution in [-0.2, 0) is 30.7 Å². The number of aryl methyl sites for hydroxylation is 2. The molecule has 3 fully saturated rings. The molecule has 10 nitrogen and oxygen atoms in total. The summed E-state index contributed by atoms with van der Waals surface area (Å²) in [6, 6.07) is 7.95. The fourth-order valence-electron chi connectivity index (χ4n) is 9.63. The van der Waals surface area contributed by atoms with Crippen molar-refractivity contribution in [2.24, 2.45) is 11.8 Å². The summed E-state index contributed by atoms with van der Waals surface area (Å²) in [5, 5.41) is 32.6. The molecule has 2 saturated heterocycles. The van der Waals surface area contributed by atoms with Crippen LogP contribution in [0.15, 0.2) is 36.7 Å². The van der Waals surface area contributed by atoms with Gasteiger partial charge in [-0.1, -0.05) is 25.5 Å². The second kappa shape index (κ2) is 16.1. The van der Waals surface area contributed by atoms with Crippen molar-refractivity contribution in [1.82, 2.24) is 30.0 Å². The van der Waals surface area contributed by atoms with Crippen LogP contribution in [0.1, 0.15) is 125 Å². The smallest absolute Gasteiger partial charge is 0.306 e. The third-order valence-electron chi connectivity index (χ3n) is 12.5. The molecule has 7 rings (SSSR count). The Bertz CT molecular complexity index is 1630. The number of carboxylic acid groups (broad SMARTS) is 1. The molecule has 1 saturated carbocycles. The molecule has 2 bridgehead atoms. The standard InChI is InChI=1S/C40H56FN7O3/c1-3-35(25-11-13-26(14-12-25)40(50)51)42-22-38-44-36-16-15-28(27-7-5-8-30(41)17-27)18-34(36)39(46-38)45-37(29-21-43-47(4-2)23-29)24-48-31-9-6-10-32(48)20-33(49)19-31/h5,7-8,17,21,23,25-26,28,31-33,35,37,42,49H,3-4,6,9-16,18-20,22,24H2,1-2H3,(H,50,51)(H,44,45,46)/t25?,26?,28-,31-,32+,33?,35-,37+/m1/s1. The molecule has 2 aromatic heterocycles. The van der Waals surface area contributed by atoms with Gasteiger partial charge < -0.3 is 20.8 Å². The molecule has 0 spiro atoms. The van der Waals surface area contributed by atoms with Crippen molar-refractivity contribution in [3.05, 3.63) is 70.7 Å². The second-order valence-corrected chi connectivity index (χ2v) is 15.6. The molecule has 276 valence electrons. The van der Waals surface area contributed by atoms with Gasteiger partial charge in [-0.15, -0.1) is 0 Å². The normalized spacial score (nSPS) is 27.8. The van der Waals surface area contributed by atoms with Gasteiger partial charge in [-0.3, -0.25) is 14.4 Å². The summed E-state index contributed by atoms with van der Waals surface area (Å²) in [7, 11) is 0. The van der Waals surface area contributed by atoms with E-state index >= 15 is 0 Å². The van der Waals surface area contributed by atoms with E-state index in [2.05, 4.69) is 40.7 Å². The molecule has 4 heterocycles. The third-order valence-corrected chi connectivity index (χ3v) is 12.5. The number of aliphatic hydroxyl groups excluding tert-OH is 1. The number of piperidine rings is 2. The lowest BCUT2D eigenvalue weighted by Crippen LogP contribution is -2.55. The number of anilines is 1. The number of nitrogens with zero attached hydrogens (tertiary/aromatic N) is 5. The van der Waals surface area contributed by atoms with E-state index in [1.807, 2.05) is 16.9 Å². The zero-order valence-corrected chi connectivity index (χ0v) is 30.3. The Hall–Kier alpha value is -3.41. The van der Waals surface area contributed by atoms with Crippen molar-refractivity contribution in [2.75, 3.05) is 11.9 Å². The van der Waals surface area contributed by atoms with E-state index in [0.717, 1.165) is 124 Å². The highest BCUT2D eigenvalue weighted by atomic mass is 19.1. The second-order valence-electron chi connectivity index (χ2n) is 15.6. The number of hydrogen-bond acceptors (Lipinski definition) is 8. The summed E-state index contributed by atoms with van der Waals surface area (Å²) in [6.07, 6.45) is 15.7. The maximum Gasteiger partial charge on any atom is 0.306 e. The van der Waals surface area contributed by atoms with Gasteiger partial charge >= 0.3 is 5.97 Å². The van der Waals surface area contributed by atoms with Crippen LogP contribution in [0.25, 0.3) is 0 Å². The van der Waals surface area contributed by atoms with Crippen LogP contribution in [0, 0.1) is 17.7 Å². The van der Waals surface area contributed by atoms with E-state index in [-0.39, 0.29) is 35.8 Å². The molecule has 1 unspecified atom stereocenters. The molecule has 2 aliphatic carbocycles. The van der Waals surface area contributed by atoms with Gasteiger partial charge in [-0.2, -0.15) is 5.10 Å². The molecular weight excluding hydrogens is 645 g/mol. The number of benzene rings is 1. The third kappa shape index (κ3) is 8.31. The molecule has 6 atom stereocenters. The number of rotatable bonds is 13. The molecule has 1 aromatic carbocycles. The Morgan fingerprint density at radius 3 is 2.53 bits per heavy atom. The SMILES string of the molecule is CC[C@@H](NCc1nc2c(c(N[C@@H](CN3[C@@H]4CCC[C@H]3CC(O)C4)c3cnn(CC)c3)n1)C[C@H](c1cccc(F)c1)CC2)C1CCC(C(=O)O)CC1. The first-order valence-electron chi connectivity index (χ1n) is 19.6.